The summed E-state index contributed by atoms with van der Waals surface area (Å²) in [5.74, 6) is 0.320. The van der Waals surface area contributed by atoms with Crippen LogP contribution in [0.1, 0.15) is 174 Å². The molecule has 4 N–H and O–H groups in total. The molecule has 5 aromatic carbocycles. The van der Waals surface area contributed by atoms with E-state index in [2.05, 4.69) is 136 Å². The number of thiophene rings is 1. The first kappa shape index (κ1) is 87.1. The van der Waals surface area contributed by atoms with Crippen LogP contribution in [0, 0.1) is 84.3 Å². The number of aliphatic hydroxyl groups is 4. The average Bonchev–Trinajstić information content (AvgIpc) is 1.70. The predicted octanol–water partition coefficient (Wildman–Crippen LogP) is 17.0. The maximum Gasteiger partial charge on any atom is 0.162 e. The first-order chi connectivity index (χ1) is 46.2. The van der Waals surface area contributed by atoms with Crippen LogP contribution in [0.15, 0.2) is 126 Å². The van der Waals surface area contributed by atoms with Gasteiger partial charge in [0.1, 0.15) is 11.7 Å². The second kappa shape index (κ2) is 43.8. The van der Waals surface area contributed by atoms with E-state index >= 15 is 0 Å². The summed E-state index contributed by atoms with van der Waals surface area (Å²) in [4.78, 5) is 30.0. The van der Waals surface area contributed by atoms with Crippen LogP contribution >= 0.6 is 45.9 Å². The number of rotatable bonds is 30. The van der Waals surface area contributed by atoms with E-state index in [1.54, 1.807) is 13.2 Å². The minimum absolute atomic E-state index is 0. The van der Waals surface area contributed by atoms with Crippen LogP contribution < -0.4 is 4.74 Å². The number of Topliss-reactive ketones (excluding diaryl/α,β-unsaturated/α-hetero) is 1. The number of halogens is 3. The Morgan fingerprint density at radius 1 is 0.758 bits per heavy atom. The molecule has 0 saturated heterocycles. The fourth-order valence-electron chi connectivity index (χ4n) is 14.4. The van der Waals surface area contributed by atoms with Crippen LogP contribution in [0.25, 0.3) is 0 Å². The molecule has 2 heterocycles. The molecule has 4 unspecified atom stereocenters. The topological polar surface area (TPSA) is 170 Å². The van der Waals surface area contributed by atoms with E-state index in [9.17, 15) is 39.7 Å². The van der Waals surface area contributed by atoms with Crippen LogP contribution in [-0.2, 0) is 169 Å². The number of nitriles is 1. The molecular weight excluding hydrogens is 1550 g/mol. The Hall–Kier alpha value is -2.58. The number of carbonyl (C=O) groups is 2. The number of benzene rings is 5. The van der Waals surface area contributed by atoms with E-state index in [0.29, 0.717) is 61.7 Å². The minimum atomic E-state index is -0.619. The van der Waals surface area contributed by atoms with E-state index in [1.165, 1.54) is 67.2 Å². The van der Waals surface area contributed by atoms with E-state index in [4.69, 9.17) is 32.7 Å². The van der Waals surface area contributed by atoms with Gasteiger partial charge in [-0.15, -0.1) is 21.9 Å². The van der Waals surface area contributed by atoms with Gasteiger partial charge in [-0.1, -0.05) is 184 Å². The van der Waals surface area contributed by atoms with Crippen LogP contribution in [0.2, 0.25) is 0 Å². The van der Waals surface area contributed by atoms with Crippen molar-refractivity contribution in [2.45, 2.75) is 186 Å². The van der Waals surface area contributed by atoms with Gasteiger partial charge in [-0.25, -0.2) is 4.39 Å². The molecule has 7 aromatic rings. The molecule has 10 nitrogen and oxygen atoms in total. The zero-order valence-electron chi connectivity index (χ0n) is 58.4. The minimum Gasteiger partial charge on any atom is -0.523 e. The number of hydrogen-bond donors (Lipinski definition) is 4. The fourth-order valence-corrected chi connectivity index (χ4v) is 16.6. The standard InChI is InChI=1S/C29H30ClO3S.C27H32NO3.C25H34ClFNO2S.3Y/c1-29(2,21-7-5-4-6-8-21)22-12-9-20(10-13-22)11-14-25-26(28(31)16-27(25)30)18-33-17-24-15-23(32-3)19-34-24;1-4-21-13-20(5-7-22(21)16-28)14-25-24(26(30)15-27(25)31)8-6-19-11-17(2)23(9-10-29)18(3)12-19;1-2-3-4-10-22(29)18-8-5-7-17(14-18)12-13-19-20(23(30)15-21(19)26)9-6-11-25-28-24(27)16-31-25;;;/h4-10,12-13,15-16,25-26H,11,14,17-18H2,1-3H3;5,7,11-13,24-25,27,29,31H,1,4,6,8-10,14-15H2,2-3H3;5,7-8,14,19-23,29-30H,2-4,6,9-13,15H2,1H3;;;/q3*-1;;;/t25-,26-;24-,25-,27?;19-,20-,21?,22?,23?;;;/m111.../s1. The smallest absolute Gasteiger partial charge is 0.162 e. The number of carbonyl (C=O) groups excluding carboxylic acids is 2. The molecule has 10 rings (SSSR count). The summed E-state index contributed by atoms with van der Waals surface area (Å²) in [6, 6.07) is 41.8. The molecule has 0 aliphatic heterocycles. The number of thiazole rings is 1. The summed E-state index contributed by atoms with van der Waals surface area (Å²) in [6.07, 6.45) is 14.5. The zero-order chi connectivity index (χ0) is 68.9. The summed E-state index contributed by atoms with van der Waals surface area (Å²) >= 11 is 15.8. The van der Waals surface area contributed by atoms with Crippen molar-refractivity contribution >= 4 is 57.4 Å². The molecule has 3 radical (unpaired) electrons. The van der Waals surface area contributed by atoms with Crippen molar-refractivity contribution in [1.29, 1.82) is 5.26 Å². The van der Waals surface area contributed by atoms with Crippen molar-refractivity contribution < 1.29 is 142 Å². The summed E-state index contributed by atoms with van der Waals surface area (Å²) < 4.78 is 24.1. The molecule has 3 aliphatic rings. The number of allylic oxidation sites excluding steroid dienone is 2. The average molecular weight is 1650 g/mol. The third-order valence-electron chi connectivity index (χ3n) is 20.0. The van der Waals surface area contributed by atoms with Crippen molar-refractivity contribution in [3.05, 3.63) is 227 Å². The Bertz CT molecular complexity index is 3670. The van der Waals surface area contributed by atoms with E-state index in [0.717, 1.165) is 104 Å². The van der Waals surface area contributed by atoms with Gasteiger partial charge in [-0.3, -0.25) is 20.9 Å². The SMILES string of the molecule is CCCCCC(O)c1cccc(CC[C@H]2C(Cl)CC(O)[C@@H]2CCCc2nc(F)[c-]s2)c1.COc1[c-]sc(COC[C@H]2C(=O)C=C(Cl)[C@@H]2CCc2ccc(C(C)(C)c3ccccc3)cc2)c1.[CH2-]Cc1cc(C[C@H]2C(O)CC(=O)[C@@H]2CCc2cc(C)c(CCO)c(C)c2)ccc1C#N.[Y].[Y].[Y]. The normalized spacial score (nSPS) is 20.5. The first-order valence-corrected chi connectivity index (χ1v) is 36.7. The second-order valence-electron chi connectivity index (χ2n) is 26.9. The monoisotopic (exact) mass is 1640 g/mol. The molecule has 0 spiro atoms. The van der Waals surface area contributed by atoms with Gasteiger partial charge in [-0.2, -0.15) is 17.7 Å². The number of unbranched alkanes of at least 4 members (excludes halogenated alkanes) is 2. The van der Waals surface area contributed by atoms with Crippen molar-refractivity contribution in [1.82, 2.24) is 4.98 Å². The third kappa shape index (κ3) is 25.3. The van der Waals surface area contributed by atoms with Crippen molar-refractivity contribution in [2.75, 3.05) is 20.3 Å². The molecule has 0 bridgehead atoms. The van der Waals surface area contributed by atoms with Gasteiger partial charge < -0.3 is 53.1 Å². The number of aryl methyl sites for hydroxylation is 6. The van der Waals surface area contributed by atoms with Crippen LogP contribution in [0.4, 0.5) is 4.39 Å². The Labute approximate surface area is 682 Å². The Morgan fingerprint density at radius 2 is 1.44 bits per heavy atom. The summed E-state index contributed by atoms with van der Waals surface area (Å²) in [7, 11) is 1.62. The Kier molecular flexibility index (Phi) is 38.5. The van der Waals surface area contributed by atoms with Crippen LogP contribution in [-0.4, -0.2) is 74.9 Å². The fraction of sp³-hybridized carbons (Fsp3) is 0.469. The van der Waals surface area contributed by atoms with Crippen molar-refractivity contribution in [3.8, 4) is 11.8 Å². The van der Waals surface area contributed by atoms with Gasteiger partial charge in [0.25, 0.3) is 0 Å². The van der Waals surface area contributed by atoms with Crippen molar-refractivity contribution in [3.63, 3.8) is 0 Å². The molecule has 18 heteroatoms. The summed E-state index contributed by atoms with van der Waals surface area (Å²) in [6.45, 7) is 15.7. The van der Waals surface area contributed by atoms with Gasteiger partial charge in [0, 0.05) is 151 Å². The molecule has 10 atom stereocenters. The third-order valence-corrected chi connectivity index (χ3v) is 22.5. The van der Waals surface area contributed by atoms with Crippen LogP contribution in [0.5, 0.6) is 5.75 Å². The molecule has 523 valence electrons. The maximum absolute atomic E-state index is 13.0. The number of ketones is 2. The zero-order valence-corrected chi connectivity index (χ0v) is 70.0. The summed E-state index contributed by atoms with van der Waals surface area (Å²) in [5, 5.41) is 57.1. The predicted molar refractivity (Wildman–Crippen MR) is 385 cm³/mol. The molecule has 2 aromatic heterocycles. The first-order valence-electron chi connectivity index (χ1n) is 34.2. The number of hydrogen-bond acceptors (Lipinski definition) is 12. The second-order valence-corrected chi connectivity index (χ2v) is 29.7. The Balaban J connectivity index is 0.000000264. The maximum atomic E-state index is 13.0. The largest absolute Gasteiger partial charge is 0.523 e. The molecule has 3 aliphatic carbocycles. The number of aliphatic hydroxyl groups excluding tert-OH is 4. The molecule has 0 amide bonds. The number of methoxy groups -OCH3 is 1. The van der Waals surface area contributed by atoms with Crippen molar-refractivity contribution in [2.24, 2.45) is 35.5 Å². The number of alkyl halides is 1. The molecule has 2 saturated carbocycles. The number of aromatic nitrogens is 1. The van der Waals surface area contributed by atoms with E-state index in [-0.39, 0.29) is 175 Å². The quantitative estimate of drug-likeness (QED) is 0.0193. The van der Waals surface area contributed by atoms with Gasteiger partial charge in [0.05, 0.1) is 49.6 Å². The summed E-state index contributed by atoms with van der Waals surface area (Å²) in [5.41, 5.74) is 13.3. The molecule has 99 heavy (non-hydrogen) atoms. The van der Waals surface area contributed by atoms with Gasteiger partial charge in [0.15, 0.2) is 5.78 Å². The Morgan fingerprint density at radius 3 is 2.10 bits per heavy atom. The van der Waals surface area contributed by atoms with E-state index in [1.807, 2.05) is 42.5 Å². The molecule has 2 fully saturated rings. The van der Waals surface area contributed by atoms with Crippen LogP contribution in [0.3, 0.4) is 0 Å². The van der Waals surface area contributed by atoms with E-state index < -0.39 is 18.2 Å². The van der Waals surface area contributed by atoms with Gasteiger partial charge >= 0.3 is 0 Å². The van der Waals surface area contributed by atoms with Gasteiger partial charge in [0.2, 0.25) is 0 Å². The van der Waals surface area contributed by atoms with Gasteiger partial charge in [-0.05, 0) is 170 Å². The number of ether oxygens (including phenoxy) is 2. The number of nitrogens with zero attached hydrogens (tertiary/aromatic N) is 2. The molecular formula is C81H96Cl2FN2O8S2Y3-3.